The van der Waals surface area contributed by atoms with Crippen LogP contribution >= 0.6 is 11.6 Å². The number of hydrogen-bond acceptors (Lipinski definition) is 4. The first-order chi connectivity index (χ1) is 12.0. The molecule has 2 rings (SSSR count). The molecule has 0 saturated carbocycles. The van der Waals surface area contributed by atoms with Crippen molar-refractivity contribution in [3.05, 3.63) is 64.2 Å². The number of nitrogens with one attached hydrogen (secondary N) is 1. The second kappa shape index (κ2) is 9.08. The molecule has 0 spiro atoms. The van der Waals surface area contributed by atoms with Crippen molar-refractivity contribution in [1.82, 2.24) is 5.32 Å². The number of carbonyl (C=O) groups is 2. The monoisotopic (exact) mass is 361 g/mol. The maximum Gasteiger partial charge on any atom is 0.341 e. The van der Waals surface area contributed by atoms with Gasteiger partial charge in [-0.2, -0.15) is 0 Å². The van der Waals surface area contributed by atoms with Crippen molar-refractivity contribution < 1.29 is 19.1 Å². The molecule has 1 N–H and O–H groups in total. The van der Waals surface area contributed by atoms with Gasteiger partial charge in [0.1, 0.15) is 11.3 Å². The summed E-state index contributed by atoms with van der Waals surface area (Å²) in [4.78, 5) is 23.8. The molecule has 2 aromatic carbocycles. The minimum absolute atomic E-state index is 0.0737. The summed E-state index contributed by atoms with van der Waals surface area (Å²) < 4.78 is 9.89. The molecule has 6 heteroatoms. The van der Waals surface area contributed by atoms with Gasteiger partial charge >= 0.3 is 5.97 Å². The van der Waals surface area contributed by atoms with Gasteiger partial charge in [0.25, 0.3) is 0 Å². The lowest BCUT2D eigenvalue weighted by molar-refractivity contribution is -0.121. The van der Waals surface area contributed by atoms with Gasteiger partial charge in [-0.05, 0) is 41.8 Å². The van der Waals surface area contributed by atoms with Crippen LogP contribution in [0.1, 0.15) is 27.9 Å². The number of halogens is 1. The van der Waals surface area contributed by atoms with E-state index in [0.717, 1.165) is 11.1 Å². The number of amides is 1. The van der Waals surface area contributed by atoms with Gasteiger partial charge in [0.2, 0.25) is 5.91 Å². The lowest BCUT2D eigenvalue weighted by Gasteiger charge is -2.10. The van der Waals surface area contributed by atoms with Crippen LogP contribution < -0.4 is 10.1 Å². The lowest BCUT2D eigenvalue weighted by Crippen LogP contribution is -2.23. The van der Waals surface area contributed by atoms with Gasteiger partial charge in [-0.15, -0.1) is 0 Å². The number of rotatable bonds is 7. The number of methoxy groups -OCH3 is 2. The summed E-state index contributed by atoms with van der Waals surface area (Å²) in [6.45, 7) is 0.322. The molecule has 0 saturated heterocycles. The molecule has 0 aliphatic carbocycles. The lowest BCUT2D eigenvalue weighted by atomic mass is 10.1. The summed E-state index contributed by atoms with van der Waals surface area (Å²) in [5.41, 5.74) is 2.13. The maximum atomic E-state index is 12.0. The van der Waals surface area contributed by atoms with Crippen LogP contribution in [0, 0.1) is 0 Å². The van der Waals surface area contributed by atoms with Crippen molar-refractivity contribution in [3.63, 3.8) is 0 Å². The molecule has 0 unspecified atom stereocenters. The Morgan fingerprint density at radius 2 is 1.88 bits per heavy atom. The third-order valence-corrected chi connectivity index (χ3v) is 3.92. The Morgan fingerprint density at radius 1 is 1.08 bits per heavy atom. The second-order valence-corrected chi connectivity index (χ2v) is 5.87. The molecule has 0 aliphatic heterocycles. The number of esters is 1. The van der Waals surface area contributed by atoms with E-state index in [1.54, 1.807) is 24.3 Å². The molecule has 25 heavy (non-hydrogen) atoms. The summed E-state index contributed by atoms with van der Waals surface area (Å²) in [7, 11) is 2.80. The predicted molar refractivity (Wildman–Crippen MR) is 96.0 cm³/mol. The van der Waals surface area contributed by atoms with E-state index in [1.807, 2.05) is 18.2 Å². The van der Waals surface area contributed by atoms with Crippen molar-refractivity contribution >= 4 is 23.5 Å². The Kier molecular flexibility index (Phi) is 6.83. The number of ether oxygens (including phenoxy) is 2. The predicted octanol–water partition coefficient (Wildman–Crippen LogP) is 3.38. The van der Waals surface area contributed by atoms with Crippen molar-refractivity contribution in [3.8, 4) is 5.75 Å². The number of benzene rings is 2. The van der Waals surface area contributed by atoms with E-state index in [0.29, 0.717) is 35.7 Å². The number of hydrogen-bond donors (Lipinski definition) is 1. The highest BCUT2D eigenvalue weighted by atomic mass is 35.5. The van der Waals surface area contributed by atoms with Crippen LogP contribution in [0.3, 0.4) is 0 Å². The van der Waals surface area contributed by atoms with Crippen LogP contribution in [-0.2, 0) is 22.5 Å². The normalized spacial score (nSPS) is 10.2. The zero-order valence-corrected chi connectivity index (χ0v) is 14.9. The molecular formula is C19H20ClNO4. The first-order valence-corrected chi connectivity index (χ1v) is 8.17. The van der Waals surface area contributed by atoms with Crippen molar-refractivity contribution in [2.75, 3.05) is 14.2 Å². The van der Waals surface area contributed by atoms with E-state index in [1.165, 1.54) is 14.2 Å². The molecular weight excluding hydrogens is 342 g/mol. The third-order valence-electron chi connectivity index (χ3n) is 3.69. The number of carbonyl (C=O) groups excluding carboxylic acids is 2. The number of aryl methyl sites for hydroxylation is 1. The smallest absolute Gasteiger partial charge is 0.341 e. The molecule has 5 nitrogen and oxygen atoms in total. The zero-order valence-electron chi connectivity index (χ0n) is 14.2. The first kappa shape index (κ1) is 18.8. The van der Waals surface area contributed by atoms with E-state index < -0.39 is 5.97 Å². The summed E-state index contributed by atoms with van der Waals surface area (Å²) in [5.74, 6) is -0.121. The van der Waals surface area contributed by atoms with Crippen molar-refractivity contribution in [2.24, 2.45) is 0 Å². The molecule has 1 amide bonds. The van der Waals surface area contributed by atoms with Gasteiger partial charge in [-0.1, -0.05) is 29.8 Å². The molecule has 0 aromatic heterocycles. The van der Waals surface area contributed by atoms with Crippen LogP contribution in [0.5, 0.6) is 5.75 Å². The van der Waals surface area contributed by atoms with Crippen LogP contribution in [0.25, 0.3) is 0 Å². The van der Waals surface area contributed by atoms with E-state index in [-0.39, 0.29) is 5.91 Å². The van der Waals surface area contributed by atoms with Gasteiger partial charge in [-0.25, -0.2) is 4.79 Å². The fourth-order valence-corrected chi connectivity index (χ4v) is 2.59. The minimum atomic E-state index is -0.481. The topological polar surface area (TPSA) is 64.6 Å². The summed E-state index contributed by atoms with van der Waals surface area (Å²) >= 11 is 5.93. The fraction of sp³-hybridized carbons (Fsp3) is 0.263. The highest BCUT2D eigenvalue weighted by molar-refractivity contribution is 6.30. The van der Waals surface area contributed by atoms with Gasteiger partial charge in [-0.3, -0.25) is 4.79 Å². The molecule has 0 atom stereocenters. The minimum Gasteiger partial charge on any atom is -0.496 e. The molecule has 2 aromatic rings. The van der Waals surface area contributed by atoms with Gasteiger partial charge in [0.05, 0.1) is 14.2 Å². The van der Waals surface area contributed by atoms with E-state index >= 15 is 0 Å². The highest BCUT2D eigenvalue weighted by Gasteiger charge is 2.13. The van der Waals surface area contributed by atoms with Gasteiger partial charge in [0.15, 0.2) is 0 Å². The average molecular weight is 362 g/mol. The van der Waals surface area contributed by atoms with Crippen LogP contribution in [0.15, 0.2) is 42.5 Å². The third kappa shape index (κ3) is 5.50. The molecule has 0 aliphatic rings. The van der Waals surface area contributed by atoms with E-state index in [2.05, 4.69) is 5.32 Å². The fourth-order valence-electron chi connectivity index (χ4n) is 2.37. The van der Waals surface area contributed by atoms with Gasteiger partial charge < -0.3 is 14.8 Å². The van der Waals surface area contributed by atoms with Crippen LogP contribution in [0.2, 0.25) is 5.02 Å². The standard InChI is InChI=1S/C19H20ClNO4/c1-24-17-8-6-14(11-16(17)19(23)25-2)12-21-18(22)9-7-13-4-3-5-15(20)10-13/h3-6,8,10-11H,7,9,12H2,1-2H3,(H,21,22). The summed E-state index contributed by atoms with van der Waals surface area (Å²) in [6, 6.07) is 12.6. The maximum absolute atomic E-state index is 12.0. The van der Waals surface area contributed by atoms with E-state index in [9.17, 15) is 9.59 Å². The highest BCUT2D eigenvalue weighted by Crippen LogP contribution is 2.20. The Morgan fingerprint density at radius 3 is 2.56 bits per heavy atom. The van der Waals surface area contributed by atoms with Crippen molar-refractivity contribution in [2.45, 2.75) is 19.4 Å². The molecule has 132 valence electrons. The van der Waals surface area contributed by atoms with E-state index in [4.69, 9.17) is 21.1 Å². The Balaban J connectivity index is 1.92. The quantitative estimate of drug-likeness (QED) is 0.768. The van der Waals surface area contributed by atoms with Crippen LogP contribution in [0.4, 0.5) is 0 Å². The summed E-state index contributed by atoms with van der Waals surface area (Å²) in [5, 5.41) is 3.50. The molecule has 0 heterocycles. The average Bonchev–Trinajstić information content (AvgIpc) is 2.63. The Hall–Kier alpha value is -2.53. The molecule has 0 fully saturated rings. The largest absolute Gasteiger partial charge is 0.496 e. The zero-order chi connectivity index (χ0) is 18.2. The van der Waals surface area contributed by atoms with Crippen LogP contribution in [-0.4, -0.2) is 26.1 Å². The second-order valence-electron chi connectivity index (χ2n) is 5.43. The molecule has 0 radical (unpaired) electrons. The Labute approximate surface area is 151 Å². The summed E-state index contributed by atoms with van der Waals surface area (Å²) in [6.07, 6.45) is 0.975. The van der Waals surface area contributed by atoms with Crippen molar-refractivity contribution in [1.29, 1.82) is 0 Å². The SMILES string of the molecule is COC(=O)c1cc(CNC(=O)CCc2cccc(Cl)c2)ccc1OC. The van der Waals surface area contributed by atoms with Gasteiger partial charge in [0, 0.05) is 18.0 Å². The molecule has 0 bridgehead atoms. The first-order valence-electron chi connectivity index (χ1n) is 7.80. The Bertz CT molecular complexity index is 761.